The normalized spacial score (nSPS) is 18.8. The van der Waals surface area contributed by atoms with E-state index in [-0.39, 0.29) is 12.2 Å². The molecule has 5 heteroatoms. The maximum Gasteiger partial charge on any atom is 0.256 e. The van der Waals surface area contributed by atoms with Gasteiger partial charge in [-0.15, -0.1) is 0 Å². The van der Waals surface area contributed by atoms with E-state index in [1.54, 1.807) is 6.20 Å². The van der Waals surface area contributed by atoms with Crippen molar-refractivity contribution in [1.82, 2.24) is 10.3 Å². The Morgan fingerprint density at radius 2 is 2.12 bits per heavy atom. The van der Waals surface area contributed by atoms with Crippen molar-refractivity contribution in [2.24, 2.45) is 0 Å². The van der Waals surface area contributed by atoms with Gasteiger partial charge in [-0.05, 0) is 24.6 Å². The molecule has 1 saturated heterocycles. The van der Waals surface area contributed by atoms with Crippen LogP contribution in [0.1, 0.15) is 12.5 Å². The van der Waals surface area contributed by atoms with Gasteiger partial charge < -0.3 is 19.5 Å². The number of hydrogen-bond donors (Lipinski definition) is 1. The summed E-state index contributed by atoms with van der Waals surface area (Å²) in [6.45, 7) is 4.85. The van der Waals surface area contributed by atoms with Crippen molar-refractivity contribution in [1.29, 1.82) is 0 Å². The standard InChI is InChI=1S/C19H24N2O3/c1-2-22-19-16(9-6-10-21-19)24-17(18-14-20-11-12-23-18)13-15-7-4-3-5-8-15/h3-10,17-18,20H,2,11-14H2,1H3. The minimum absolute atomic E-state index is 0.00589. The van der Waals surface area contributed by atoms with Crippen LogP contribution in [0.3, 0.4) is 0 Å². The highest BCUT2D eigenvalue weighted by molar-refractivity contribution is 5.33. The molecule has 0 spiro atoms. The van der Waals surface area contributed by atoms with Gasteiger partial charge in [0.2, 0.25) is 0 Å². The molecule has 0 aliphatic carbocycles. The number of rotatable bonds is 7. The van der Waals surface area contributed by atoms with Crippen LogP contribution in [-0.4, -0.2) is 43.5 Å². The maximum atomic E-state index is 6.29. The van der Waals surface area contributed by atoms with E-state index in [0.717, 1.165) is 19.5 Å². The van der Waals surface area contributed by atoms with Crippen LogP contribution in [-0.2, 0) is 11.2 Å². The molecule has 3 rings (SSSR count). The zero-order valence-electron chi connectivity index (χ0n) is 14.0. The van der Waals surface area contributed by atoms with Gasteiger partial charge in [0.05, 0.1) is 13.2 Å². The van der Waals surface area contributed by atoms with E-state index >= 15 is 0 Å². The number of aromatic nitrogens is 1. The number of nitrogens with one attached hydrogen (secondary N) is 1. The summed E-state index contributed by atoms with van der Waals surface area (Å²) in [4.78, 5) is 4.27. The van der Waals surface area contributed by atoms with Crippen molar-refractivity contribution >= 4 is 0 Å². The van der Waals surface area contributed by atoms with Crippen LogP contribution in [0, 0.1) is 0 Å². The number of hydrogen-bond acceptors (Lipinski definition) is 5. The highest BCUT2D eigenvalue weighted by atomic mass is 16.6. The number of benzene rings is 1. The van der Waals surface area contributed by atoms with E-state index in [1.165, 1.54) is 5.56 Å². The van der Waals surface area contributed by atoms with Crippen LogP contribution < -0.4 is 14.8 Å². The molecule has 2 atom stereocenters. The molecule has 1 aromatic carbocycles. The Bertz CT molecular complexity index is 615. The van der Waals surface area contributed by atoms with Crippen LogP contribution in [0.2, 0.25) is 0 Å². The fraction of sp³-hybridized carbons (Fsp3) is 0.421. The molecular formula is C19H24N2O3. The lowest BCUT2D eigenvalue weighted by atomic mass is 10.0. The summed E-state index contributed by atoms with van der Waals surface area (Å²) in [6, 6.07) is 14.1. The van der Waals surface area contributed by atoms with E-state index in [4.69, 9.17) is 14.2 Å². The van der Waals surface area contributed by atoms with Gasteiger partial charge in [0.25, 0.3) is 5.88 Å². The second-order valence-electron chi connectivity index (χ2n) is 5.70. The summed E-state index contributed by atoms with van der Waals surface area (Å²) in [6.07, 6.45) is 2.37. The Morgan fingerprint density at radius 1 is 1.25 bits per heavy atom. The van der Waals surface area contributed by atoms with Crippen LogP contribution in [0.5, 0.6) is 11.6 Å². The van der Waals surface area contributed by atoms with E-state index < -0.39 is 0 Å². The first-order chi connectivity index (χ1) is 11.9. The molecule has 1 aromatic heterocycles. The van der Waals surface area contributed by atoms with Crippen LogP contribution in [0.4, 0.5) is 0 Å². The Morgan fingerprint density at radius 3 is 2.88 bits per heavy atom. The quantitative estimate of drug-likeness (QED) is 0.846. The second kappa shape index (κ2) is 8.66. The van der Waals surface area contributed by atoms with Crippen molar-refractivity contribution < 1.29 is 14.2 Å². The summed E-state index contributed by atoms with van der Waals surface area (Å²) in [5.74, 6) is 1.19. The summed E-state index contributed by atoms with van der Waals surface area (Å²) in [5.41, 5.74) is 1.22. The third-order valence-corrected chi connectivity index (χ3v) is 3.95. The molecule has 0 bridgehead atoms. The van der Waals surface area contributed by atoms with Gasteiger partial charge in [-0.2, -0.15) is 0 Å². The monoisotopic (exact) mass is 328 g/mol. The Hall–Kier alpha value is -2.11. The molecule has 1 fully saturated rings. The fourth-order valence-electron chi connectivity index (χ4n) is 2.79. The topological polar surface area (TPSA) is 52.6 Å². The highest BCUT2D eigenvalue weighted by Gasteiger charge is 2.27. The Kier molecular flexibility index (Phi) is 6.04. The molecule has 0 radical (unpaired) electrons. The molecule has 0 saturated carbocycles. The summed E-state index contributed by atoms with van der Waals surface area (Å²) >= 11 is 0. The summed E-state index contributed by atoms with van der Waals surface area (Å²) in [7, 11) is 0. The summed E-state index contributed by atoms with van der Waals surface area (Å²) in [5, 5.41) is 3.37. The molecule has 5 nitrogen and oxygen atoms in total. The van der Waals surface area contributed by atoms with E-state index in [9.17, 15) is 0 Å². The Labute approximate surface area is 143 Å². The average molecular weight is 328 g/mol. The van der Waals surface area contributed by atoms with E-state index in [1.807, 2.05) is 37.3 Å². The van der Waals surface area contributed by atoms with Crippen molar-refractivity contribution in [2.45, 2.75) is 25.6 Å². The molecule has 24 heavy (non-hydrogen) atoms. The van der Waals surface area contributed by atoms with Crippen LogP contribution in [0.25, 0.3) is 0 Å². The number of morpholine rings is 1. The van der Waals surface area contributed by atoms with Gasteiger partial charge in [0.1, 0.15) is 12.2 Å². The third kappa shape index (κ3) is 4.46. The number of pyridine rings is 1. The van der Waals surface area contributed by atoms with Gasteiger partial charge >= 0.3 is 0 Å². The predicted octanol–water partition coefficient (Wildman–Crippen LogP) is 2.46. The van der Waals surface area contributed by atoms with E-state index in [2.05, 4.69) is 22.4 Å². The predicted molar refractivity (Wildman–Crippen MR) is 92.6 cm³/mol. The average Bonchev–Trinajstić information content (AvgIpc) is 2.64. The van der Waals surface area contributed by atoms with Crippen molar-refractivity contribution in [3.05, 3.63) is 54.2 Å². The molecule has 2 unspecified atom stereocenters. The molecule has 1 aliphatic rings. The van der Waals surface area contributed by atoms with Gasteiger partial charge in [-0.1, -0.05) is 30.3 Å². The smallest absolute Gasteiger partial charge is 0.256 e. The molecule has 128 valence electrons. The first-order valence-electron chi connectivity index (χ1n) is 8.47. The lowest BCUT2D eigenvalue weighted by molar-refractivity contribution is -0.0422. The molecule has 0 amide bonds. The van der Waals surface area contributed by atoms with Gasteiger partial charge in [0.15, 0.2) is 5.75 Å². The lowest BCUT2D eigenvalue weighted by Gasteiger charge is -2.31. The van der Waals surface area contributed by atoms with E-state index in [0.29, 0.717) is 24.8 Å². The largest absolute Gasteiger partial charge is 0.482 e. The zero-order valence-corrected chi connectivity index (χ0v) is 14.0. The molecule has 1 N–H and O–H groups in total. The summed E-state index contributed by atoms with van der Waals surface area (Å²) < 4.78 is 17.8. The fourth-order valence-corrected chi connectivity index (χ4v) is 2.79. The van der Waals surface area contributed by atoms with Gasteiger partial charge in [-0.3, -0.25) is 0 Å². The second-order valence-corrected chi connectivity index (χ2v) is 5.70. The minimum atomic E-state index is -0.108. The van der Waals surface area contributed by atoms with Gasteiger partial charge in [0, 0.05) is 25.7 Å². The Balaban J connectivity index is 1.79. The highest BCUT2D eigenvalue weighted by Crippen LogP contribution is 2.27. The molecular weight excluding hydrogens is 304 g/mol. The minimum Gasteiger partial charge on any atom is -0.482 e. The first kappa shape index (κ1) is 16.7. The third-order valence-electron chi connectivity index (χ3n) is 3.95. The number of nitrogens with zero attached hydrogens (tertiary/aromatic N) is 1. The lowest BCUT2D eigenvalue weighted by Crippen LogP contribution is -2.48. The first-order valence-corrected chi connectivity index (χ1v) is 8.47. The van der Waals surface area contributed by atoms with Gasteiger partial charge in [-0.25, -0.2) is 4.98 Å². The van der Waals surface area contributed by atoms with Crippen molar-refractivity contribution in [3.8, 4) is 11.6 Å². The molecule has 1 aliphatic heterocycles. The zero-order chi connectivity index (χ0) is 16.6. The van der Waals surface area contributed by atoms with Crippen LogP contribution in [0.15, 0.2) is 48.7 Å². The maximum absolute atomic E-state index is 6.29. The van der Waals surface area contributed by atoms with Crippen LogP contribution >= 0.6 is 0 Å². The molecule has 2 heterocycles. The number of ether oxygens (including phenoxy) is 3. The van der Waals surface area contributed by atoms with Crippen molar-refractivity contribution in [2.75, 3.05) is 26.3 Å². The SMILES string of the molecule is CCOc1ncccc1OC(Cc1ccccc1)C1CNCCO1. The molecule has 2 aromatic rings. The van der Waals surface area contributed by atoms with Crippen molar-refractivity contribution in [3.63, 3.8) is 0 Å².